The van der Waals surface area contributed by atoms with Gasteiger partial charge in [0, 0.05) is 11.5 Å². The molecule has 0 N–H and O–H groups in total. The molecule has 0 spiro atoms. The molecule has 0 aromatic rings. The average Bonchev–Trinajstić information content (AvgIpc) is 2.42. The maximum atomic E-state index is 11.3. The van der Waals surface area contributed by atoms with Gasteiger partial charge in [-0.2, -0.15) is 0 Å². The van der Waals surface area contributed by atoms with Crippen molar-refractivity contribution in [3.63, 3.8) is 0 Å². The normalized spacial score (nSPS) is 23.9. The minimum absolute atomic E-state index is 0.273. The molecule has 82 valence electrons. The summed E-state index contributed by atoms with van der Waals surface area (Å²) in [4.78, 5) is 22.5. The number of hydrogen-bond acceptors (Lipinski definition) is 4. The number of allylic oxidation sites excluding steroid dienone is 2. The molecule has 1 rings (SSSR count). The van der Waals surface area contributed by atoms with Crippen LogP contribution in [0.4, 0.5) is 0 Å². The van der Waals surface area contributed by atoms with Crippen LogP contribution in [0.2, 0.25) is 0 Å². The molecule has 1 saturated heterocycles. The van der Waals surface area contributed by atoms with Crippen molar-refractivity contribution in [2.45, 2.75) is 20.0 Å². The first-order chi connectivity index (χ1) is 6.97. The number of carbonyl (C=O) groups excluding carboxylic acids is 2. The van der Waals surface area contributed by atoms with Crippen LogP contribution in [-0.2, 0) is 19.1 Å². The average molecular weight is 210 g/mol. The van der Waals surface area contributed by atoms with Crippen LogP contribution < -0.4 is 0 Å². The maximum absolute atomic E-state index is 11.3. The Kier molecular flexibility index (Phi) is 3.29. The largest absolute Gasteiger partial charge is 0.462 e. The summed E-state index contributed by atoms with van der Waals surface area (Å²) in [6, 6.07) is 0. The molecule has 0 unspecified atom stereocenters. The van der Waals surface area contributed by atoms with Crippen LogP contribution in [-0.4, -0.2) is 24.6 Å². The van der Waals surface area contributed by atoms with Gasteiger partial charge in [0.1, 0.15) is 6.61 Å². The molecule has 0 aromatic carbocycles. The van der Waals surface area contributed by atoms with Gasteiger partial charge in [0.25, 0.3) is 0 Å². The molecule has 4 heteroatoms. The van der Waals surface area contributed by atoms with E-state index in [1.54, 1.807) is 0 Å². The summed E-state index contributed by atoms with van der Waals surface area (Å²) >= 11 is 0. The standard InChI is InChI=1S/C11H14O4/c1-4-5-6-8(12)15-9-10(13)14-7-11(9,2)3/h4-6,9H,1,7H2,2-3H3/b6-5+/t9-/m0/s1. The number of hydrogen-bond donors (Lipinski definition) is 0. The van der Waals surface area contributed by atoms with Crippen LogP contribution in [0.15, 0.2) is 24.8 Å². The van der Waals surface area contributed by atoms with E-state index in [2.05, 4.69) is 6.58 Å². The van der Waals surface area contributed by atoms with Gasteiger partial charge in [0.2, 0.25) is 6.10 Å². The fraction of sp³-hybridized carbons (Fsp3) is 0.455. The van der Waals surface area contributed by atoms with Crippen LogP contribution in [0.3, 0.4) is 0 Å². The molecule has 0 amide bonds. The van der Waals surface area contributed by atoms with Crippen LogP contribution in [0, 0.1) is 5.41 Å². The zero-order chi connectivity index (χ0) is 11.5. The zero-order valence-corrected chi connectivity index (χ0v) is 8.86. The Balaban J connectivity index is 2.64. The zero-order valence-electron chi connectivity index (χ0n) is 8.86. The summed E-state index contributed by atoms with van der Waals surface area (Å²) in [5.41, 5.74) is -0.464. The molecule has 4 nitrogen and oxygen atoms in total. The molecule has 1 aliphatic heterocycles. The van der Waals surface area contributed by atoms with Crippen LogP contribution in [0.5, 0.6) is 0 Å². The van der Waals surface area contributed by atoms with Gasteiger partial charge in [-0.25, -0.2) is 9.59 Å². The van der Waals surface area contributed by atoms with E-state index in [9.17, 15) is 9.59 Å². The van der Waals surface area contributed by atoms with Crippen molar-refractivity contribution in [3.8, 4) is 0 Å². The topological polar surface area (TPSA) is 52.6 Å². The second-order valence-electron chi connectivity index (χ2n) is 4.01. The number of ether oxygens (including phenoxy) is 2. The smallest absolute Gasteiger partial charge is 0.348 e. The third-order valence-electron chi connectivity index (χ3n) is 2.11. The molecule has 1 heterocycles. The molecule has 1 aliphatic rings. The third kappa shape index (κ3) is 2.68. The Morgan fingerprint density at radius 1 is 1.67 bits per heavy atom. The van der Waals surface area contributed by atoms with E-state index in [1.165, 1.54) is 18.2 Å². The minimum atomic E-state index is -0.820. The van der Waals surface area contributed by atoms with Crippen molar-refractivity contribution in [1.29, 1.82) is 0 Å². The summed E-state index contributed by atoms with van der Waals surface area (Å²) in [7, 11) is 0. The van der Waals surface area contributed by atoms with Gasteiger partial charge in [0.05, 0.1) is 0 Å². The van der Waals surface area contributed by atoms with E-state index < -0.39 is 23.5 Å². The van der Waals surface area contributed by atoms with Crippen molar-refractivity contribution >= 4 is 11.9 Å². The lowest BCUT2D eigenvalue weighted by Gasteiger charge is -2.20. The lowest BCUT2D eigenvalue weighted by atomic mass is 9.90. The fourth-order valence-electron chi connectivity index (χ4n) is 1.24. The van der Waals surface area contributed by atoms with Crippen molar-refractivity contribution in [2.75, 3.05) is 6.61 Å². The van der Waals surface area contributed by atoms with Crippen LogP contribution in [0.25, 0.3) is 0 Å². The highest BCUT2D eigenvalue weighted by molar-refractivity contribution is 5.87. The van der Waals surface area contributed by atoms with E-state index in [4.69, 9.17) is 9.47 Å². The van der Waals surface area contributed by atoms with Crippen molar-refractivity contribution in [3.05, 3.63) is 24.8 Å². The first-order valence-electron chi connectivity index (χ1n) is 4.64. The van der Waals surface area contributed by atoms with Gasteiger partial charge in [-0.15, -0.1) is 0 Å². The molecule has 1 atom stereocenters. The van der Waals surface area contributed by atoms with E-state index in [-0.39, 0.29) is 6.61 Å². The van der Waals surface area contributed by atoms with Crippen LogP contribution >= 0.6 is 0 Å². The predicted molar refractivity (Wildman–Crippen MR) is 54.0 cm³/mol. The fourth-order valence-corrected chi connectivity index (χ4v) is 1.24. The highest BCUT2D eigenvalue weighted by Gasteiger charge is 2.46. The van der Waals surface area contributed by atoms with E-state index >= 15 is 0 Å². The highest BCUT2D eigenvalue weighted by atomic mass is 16.6. The Morgan fingerprint density at radius 3 is 2.80 bits per heavy atom. The third-order valence-corrected chi connectivity index (χ3v) is 2.11. The number of carbonyl (C=O) groups is 2. The minimum Gasteiger partial charge on any atom is -0.462 e. The van der Waals surface area contributed by atoms with Crippen molar-refractivity contribution in [2.24, 2.45) is 5.41 Å². The second-order valence-corrected chi connectivity index (χ2v) is 4.01. The molecule has 15 heavy (non-hydrogen) atoms. The van der Waals surface area contributed by atoms with Crippen LogP contribution in [0.1, 0.15) is 13.8 Å². The second kappa shape index (κ2) is 4.29. The van der Waals surface area contributed by atoms with Gasteiger partial charge >= 0.3 is 11.9 Å². The molecule has 0 radical (unpaired) electrons. The van der Waals surface area contributed by atoms with E-state index in [0.717, 1.165) is 0 Å². The Hall–Kier alpha value is -1.58. The van der Waals surface area contributed by atoms with E-state index in [1.807, 2.05) is 13.8 Å². The lowest BCUT2D eigenvalue weighted by Crippen LogP contribution is -2.34. The molecular formula is C11H14O4. The Bertz CT molecular complexity index is 315. The van der Waals surface area contributed by atoms with Gasteiger partial charge in [-0.1, -0.05) is 32.6 Å². The quantitative estimate of drug-likeness (QED) is 0.399. The Labute approximate surface area is 88.6 Å². The molecule has 0 aromatic heterocycles. The summed E-state index contributed by atoms with van der Waals surface area (Å²) in [6.07, 6.45) is 3.31. The molecular weight excluding hydrogens is 196 g/mol. The number of rotatable bonds is 3. The molecule has 0 bridgehead atoms. The monoisotopic (exact) mass is 210 g/mol. The van der Waals surface area contributed by atoms with Crippen molar-refractivity contribution < 1.29 is 19.1 Å². The van der Waals surface area contributed by atoms with Gasteiger partial charge in [-0.05, 0) is 0 Å². The molecule has 0 aliphatic carbocycles. The lowest BCUT2D eigenvalue weighted by molar-refractivity contribution is -0.159. The summed E-state index contributed by atoms with van der Waals surface area (Å²) in [6.45, 7) is 7.32. The van der Waals surface area contributed by atoms with Gasteiger partial charge in [-0.3, -0.25) is 0 Å². The number of cyclic esters (lactones) is 1. The van der Waals surface area contributed by atoms with Crippen molar-refractivity contribution in [1.82, 2.24) is 0 Å². The predicted octanol–water partition coefficient (Wildman–Crippen LogP) is 1.22. The van der Waals surface area contributed by atoms with E-state index in [0.29, 0.717) is 0 Å². The molecule has 1 fully saturated rings. The first kappa shape index (κ1) is 11.5. The molecule has 0 saturated carbocycles. The maximum Gasteiger partial charge on any atom is 0.348 e. The summed E-state index contributed by atoms with van der Waals surface area (Å²) in [5.74, 6) is -1.05. The highest BCUT2D eigenvalue weighted by Crippen LogP contribution is 2.30. The first-order valence-corrected chi connectivity index (χ1v) is 4.64. The number of esters is 2. The SMILES string of the molecule is C=C/C=C/C(=O)O[C@H]1C(=O)OCC1(C)C. The summed E-state index contributed by atoms with van der Waals surface area (Å²) < 4.78 is 9.82. The summed E-state index contributed by atoms with van der Waals surface area (Å²) in [5, 5.41) is 0. The Morgan fingerprint density at radius 2 is 2.33 bits per heavy atom. The van der Waals surface area contributed by atoms with Gasteiger partial charge < -0.3 is 9.47 Å². The van der Waals surface area contributed by atoms with Gasteiger partial charge in [0.15, 0.2) is 0 Å².